The lowest BCUT2D eigenvalue weighted by Gasteiger charge is -2.31. The lowest BCUT2D eigenvalue weighted by Crippen LogP contribution is -2.42. The zero-order chi connectivity index (χ0) is 24.2. The minimum atomic E-state index is -0.691. The SMILES string of the molecule is C[C@@H](CO)Oc1cc(Oc2ccc(C(=O)N3CCC3)c(F)c2)cc(C(=O)Nc2ccn(C)n2)c1. The van der Waals surface area contributed by atoms with Crippen molar-refractivity contribution in [2.75, 3.05) is 25.0 Å². The van der Waals surface area contributed by atoms with E-state index in [1.807, 2.05) is 0 Å². The smallest absolute Gasteiger partial charge is 0.257 e. The van der Waals surface area contributed by atoms with Gasteiger partial charge >= 0.3 is 0 Å². The van der Waals surface area contributed by atoms with E-state index in [1.165, 1.54) is 30.3 Å². The quantitative estimate of drug-likeness (QED) is 0.526. The van der Waals surface area contributed by atoms with Crippen LogP contribution in [0.1, 0.15) is 34.1 Å². The summed E-state index contributed by atoms with van der Waals surface area (Å²) < 4.78 is 27.6. The minimum absolute atomic E-state index is 0.0173. The van der Waals surface area contributed by atoms with Gasteiger partial charge in [-0.3, -0.25) is 14.3 Å². The summed E-state index contributed by atoms with van der Waals surface area (Å²) in [5.74, 6) is -0.464. The molecule has 4 rings (SSSR count). The fourth-order valence-corrected chi connectivity index (χ4v) is 3.33. The van der Waals surface area contributed by atoms with Crippen LogP contribution in [0.5, 0.6) is 17.2 Å². The Morgan fingerprint density at radius 2 is 1.91 bits per heavy atom. The summed E-state index contributed by atoms with van der Waals surface area (Å²) >= 11 is 0. The third-order valence-corrected chi connectivity index (χ3v) is 5.24. The van der Waals surface area contributed by atoms with Crippen molar-refractivity contribution in [3.63, 3.8) is 0 Å². The Hall–Kier alpha value is -3.92. The number of amides is 2. The number of aromatic nitrogens is 2. The number of hydrogen-bond donors (Lipinski definition) is 2. The highest BCUT2D eigenvalue weighted by molar-refractivity contribution is 6.04. The van der Waals surface area contributed by atoms with Crippen molar-refractivity contribution in [3.05, 3.63) is 65.6 Å². The van der Waals surface area contributed by atoms with Gasteiger partial charge in [0.1, 0.15) is 29.2 Å². The molecule has 1 aliphatic heterocycles. The van der Waals surface area contributed by atoms with Gasteiger partial charge in [-0.25, -0.2) is 4.39 Å². The van der Waals surface area contributed by atoms with Crippen molar-refractivity contribution in [1.82, 2.24) is 14.7 Å². The maximum atomic E-state index is 14.6. The van der Waals surface area contributed by atoms with Gasteiger partial charge in [-0.1, -0.05) is 0 Å². The van der Waals surface area contributed by atoms with Crippen LogP contribution >= 0.6 is 0 Å². The summed E-state index contributed by atoms with van der Waals surface area (Å²) in [7, 11) is 1.73. The van der Waals surface area contributed by atoms with E-state index in [9.17, 15) is 19.1 Å². The topological polar surface area (TPSA) is 106 Å². The second kappa shape index (κ2) is 9.92. The van der Waals surface area contributed by atoms with E-state index in [0.29, 0.717) is 18.9 Å². The molecule has 34 heavy (non-hydrogen) atoms. The summed E-state index contributed by atoms with van der Waals surface area (Å²) in [5, 5.41) is 16.1. The van der Waals surface area contributed by atoms with Crippen LogP contribution in [-0.4, -0.2) is 57.4 Å². The number of carbonyl (C=O) groups is 2. The predicted octanol–water partition coefficient (Wildman–Crippen LogP) is 3.21. The van der Waals surface area contributed by atoms with Crippen LogP contribution in [0, 0.1) is 5.82 Å². The first-order chi connectivity index (χ1) is 16.3. The zero-order valence-electron chi connectivity index (χ0n) is 18.8. The number of aliphatic hydroxyl groups is 1. The molecule has 1 aliphatic rings. The third-order valence-electron chi connectivity index (χ3n) is 5.24. The average molecular weight is 468 g/mol. The highest BCUT2D eigenvalue weighted by Gasteiger charge is 2.24. The summed E-state index contributed by atoms with van der Waals surface area (Å²) in [4.78, 5) is 26.7. The lowest BCUT2D eigenvalue weighted by molar-refractivity contribution is 0.0646. The molecule has 0 saturated carbocycles. The van der Waals surface area contributed by atoms with E-state index in [1.54, 1.807) is 35.8 Å². The molecule has 0 bridgehead atoms. The Bertz CT molecular complexity index is 1210. The van der Waals surface area contributed by atoms with Crippen molar-refractivity contribution >= 4 is 17.6 Å². The van der Waals surface area contributed by atoms with Gasteiger partial charge in [-0.2, -0.15) is 5.10 Å². The minimum Gasteiger partial charge on any atom is -0.488 e. The molecular weight excluding hydrogens is 443 g/mol. The first kappa shape index (κ1) is 23.2. The number of nitrogens with zero attached hydrogens (tertiary/aromatic N) is 3. The molecule has 2 amide bonds. The summed E-state index contributed by atoms with van der Waals surface area (Å²) in [6.07, 6.45) is 2.08. The van der Waals surface area contributed by atoms with E-state index in [-0.39, 0.29) is 40.9 Å². The Balaban J connectivity index is 1.57. The monoisotopic (exact) mass is 468 g/mol. The molecule has 9 nitrogen and oxygen atoms in total. The first-order valence-electron chi connectivity index (χ1n) is 10.8. The van der Waals surface area contributed by atoms with Crippen LogP contribution in [-0.2, 0) is 7.05 Å². The van der Waals surface area contributed by atoms with Crippen molar-refractivity contribution in [1.29, 1.82) is 0 Å². The molecule has 1 atom stereocenters. The van der Waals surface area contributed by atoms with E-state index in [2.05, 4.69) is 10.4 Å². The standard InChI is InChI=1S/C24H25FN4O5/c1-15(14-30)33-18-10-16(23(31)26-22-6-9-28(2)27-22)11-19(12-18)34-17-4-5-20(21(25)13-17)24(32)29-7-3-8-29/h4-6,9-13,15,30H,3,7-8,14H2,1-2H3,(H,26,27,31)/t15-/m0/s1. The van der Waals surface area contributed by atoms with E-state index in [0.717, 1.165) is 12.5 Å². The summed E-state index contributed by atoms with van der Waals surface area (Å²) in [6, 6.07) is 10.2. The average Bonchev–Trinajstić information content (AvgIpc) is 3.16. The molecule has 1 saturated heterocycles. The number of benzene rings is 2. The van der Waals surface area contributed by atoms with Crippen molar-refractivity contribution < 1.29 is 28.6 Å². The molecular formula is C24H25FN4O5. The van der Waals surface area contributed by atoms with Gasteiger partial charge in [-0.15, -0.1) is 0 Å². The number of likely N-dealkylation sites (tertiary alicyclic amines) is 1. The number of aliphatic hydroxyl groups excluding tert-OH is 1. The van der Waals surface area contributed by atoms with E-state index in [4.69, 9.17) is 9.47 Å². The van der Waals surface area contributed by atoms with Gasteiger partial charge < -0.3 is 24.8 Å². The fraction of sp³-hybridized carbons (Fsp3) is 0.292. The van der Waals surface area contributed by atoms with Crippen LogP contribution in [0.2, 0.25) is 0 Å². The van der Waals surface area contributed by atoms with Crippen LogP contribution in [0.15, 0.2) is 48.7 Å². The molecule has 3 aromatic rings. The van der Waals surface area contributed by atoms with Crippen LogP contribution in [0.25, 0.3) is 0 Å². The molecule has 0 spiro atoms. The largest absolute Gasteiger partial charge is 0.488 e. The third kappa shape index (κ3) is 5.34. The Morgan fingerprint density at radius 3 is 2.53 bits per heavy atom. The van der Waals surface area contributed by atoms with Crippen LogP contribution in [0.4, 0.5) is 10.2 Å². The van der Waals surface area contributed by atoms with E-state index < -0.39 is 17.8 Å². The van der Waals surface area contributed by atoms with Gasteiger partial charge in [0.2, 0.25) is 0 Å². The van der Waals surface area contributed by atoms with Crippen molar-refractivity contribution in [2.24, 2.45) is 7.05 Å². The number of ether oxygens (including phenoxy) is 2. The number of halogens is 1. The maximum absolute atomic E-state index is 14.6. The number of carbonyl (C=O) groups excluding carboxylic acids is 2. The normalized spacial score (nSPS) is 13.7. The molecule has 0 aliphatic carbocycles. The zero-order valence-corrected chi connectivity index (χ0v) is 18.8. The molecule has 2 aromatic carbocycles. The first-order valence-corrected chi connectivity index (χ1v) is 10.8. The molecule has 10 heteroatoms. The number of aryl methyl sites for hydroxylation is 1. The van der Waals surface area contributed by atoms with Crippen molar-refractivity contribution in [3.8, 4) is 17.2 Å². The number of rotatable bonds is 8. The number of nitrogens with one attached hydrogen (secondary N) is 1. The molecule has 178 valence electrons. The van der Waals surface area contributed by atoms with Gasteiger partial charge in [0, 0.05) is 50.1 Å². The highest BCUT2D eigenvalue weighted by Crippen LogP contribution is 2.30. The van der Waals surface area contributed by atoms with Gasteiger partial charge in [-0.05, 0) is 37.6 Å². The number of hydrogen-bond acceptors (Lipinski definition) is 6. The van der Waals surface area contributed by atoms with Gasteiger partial charge in [0.05, 0.1) is 12.2 Å². The molecule has 2 N–H and O–H groups in total. The van der Waals surface area contributed by atoms with E-state index >= 15 is 0 Å². The molecule has 0 radical (unpaired) electrons. The molecule has 2 heterocycles. The lowest BCUT2D eigenvalue weighted by atomic mass is 10.1. The Morgan fingerprint density at radius 1 is 1.15 bits per heavy atom. The van der Waals surface area contributed by atoms with Crippen molar-refractivity contribution in [2.45, 2.75) is 19.4 Å². The number of anilines is 1. The second-order valence-electron chi connectivity index (χ2n) is 8.02. The molecule has 0 unspecified atom stereocenters. The van der Waals surface area contributed by atoms with Gasteiger partial charge in [0.15, 0.2) is 5.82 Å². The second-order valence-corrected chi connectivity index (χ2v) is 8.02. The fourth-order valence-electron chi connectivity index (χ4n) is 3.33. The Labute approximate surface area is 195 Å². The maximum Gasteiger partial charge on any atom is 0.257 e. The van der Waals surface area contributed by atoms with Crippen LogP contribution in [0.3, 0.4) is 0 Å². The molecule has 1 aromatic heterocycles. The summed E-state index contributed by atoms with van der Waals surface area (Å²) in [5.41, 5.74) is 0.199. The van der Waals surface area contributed by atoms with Gasteiger partial charge in [0.25, 0.3) is 11.8 Å². The summed E-state index contributed by atoms with van der Waals surface area (Å²) in [6.45, 7) is 2.69. The highest BCUT2D eigenvalue weighted by atomic mass is 19.1. The van der Waals surface area contributed by atoms with Crippen LogP contribution < -0.4 is 14.8 Å². The Kier molecular flexibility index (Phi) is 6.78. The predicted molar refractivity (Wildman–Crippen MR) is 122 cm³/mol. The molecule has 1 fully saturated rings.